The molecule has 0 aliphatic heterocycles. The van der Waals surface area contributed by atoms with Crippen LogP contribution in [0.25, 0.3) is 0 Å². The highest BCUT2D eigenvalue weighted by Gasteiger charge is 2.34. The number of nitrogens with two attached hydrogens (primary N) is 1. The van der Waals surface area contributed by atoms with Crippen LogP contribution in [0.15, 0.2) is 24.3 Å². The fourth-order valence-corrected chi connectivity index (χ4v) is 4.95. The molecule has 0 spiro atoms. The number of alkyl carbamates (subject to hydrolysis) is 1. The van der Waals surface area contributed by atoms with Gasteiger partial charge in [-0.25, -0.2) is 4.79 Å². The van der Waals surface area contributed by atoms with Gasteiger partial charge in [-0.05, 0) is 90.2 Å². The lowest BCUT2D eigenvalue weighted by Gasteiger charge is -2.33. The number of aliphatic hydroxyl groups is 1. The molecule has 6 N–H and O–H groups in total. The molecule has 0 unspecified atom stereocenters. The number of benzene rings is 1. The van der Waals surface area contributed by atoms with Crippen LogP contribution in [-0.2, 0) is 19.1 Å². The van der Waals surface area contributed by atoms with Gasteiger partial charge < -0.3 is 41.0 Å². The van der Waals surface area contributed by atoms with E-state index in [0.717, 1.165) is 12.8 Å². The Morgan fingerprint density at radius 3 is 2.08 bits per heavy atom. The number of hydrogen-bond acceptors (Lipinski definition) is 8. The Morgan fingerprint density at radius 1 is 0.896 bits per heavy atom. The van der Waals surface area contributed by atoms with E-state index in [1.807, 2.05) is 33.8 Å². The number of carbonyl (C=O) groups excluding carboxylic acids is 4. The Labute approximate surface area is 287 Å². The number of nitrogens with one attached hydrogen (secondary N) is 3. The van der Waals surface area contributed by atoms with Gasteiger partial charge in [0, 0.05) is 32.7 Å². The van der Waals surface area contributed by atoms with Gasteiger partial charge in [-0.15, -0.1) is 0 Å². The van der Waals surface area contributed by atoms with Crippen molar-refractivity contribution in [2.24, 2.45) is 34.8 Å². The van der Waals surface area contributed by atoms with Crippen molar-refractivity contribution in [3.05, 3.63) is 29.8 Å². The number of aliphatic hydroxyl groups excluding tert-OH is 1. The van der Waals surface area contributed by atoms with E-state index in [0.29, 0.717) is 30.9 Å². The van der Waals surface area contributed by atoms with Crippen molar-refractivity contribution in [2.75, 3.05) is 33.4 Å². The summed E-state index contributed by atoms with van der Waals surface area (Å²) in [5, 5.41) is 20.2. The molecule has 1 aromatic carbocycles. The first-order valence-electron chi connectivity index (χ1n) is 17.0. The molecule has 0 aliphatic carbocycles. The van der Waals surface area contributed by atoms with Crippen molar-refractivity contribution in [1.29, 1.82) is 0 Å². The molecule has 48 heavy (non-hydrogen) atoms. The van der Waals surface area contributed by atoms with Gasteiger partial charge in [-0.3, -0.25) is 14.4 Å². The molecule has 12 heteroatoms. The third-order valence-corrected chi connectivity index (χ3v) is 8.33. The summed E-state index contributed by atoms with van der Waals surface area (Å²) < 4.78 is 16.5. The van der Waals surface area contributed by atoms with E-state index < -0.39 is 41.1 Å². The van der Waals surface area contributed by atoms with Crippen molar-refractivity contribution in [3.63, 3.8) is 0 Å². The topological polar surface area (TPSA) is 178 Å². The lowest BCUT2D eigenvalue weighted by Crippen LogP contribution is -2.50. The van der Waals surface area contributed by atoms with Gasteiger partial charge in [0.25, 0.3) is 5.91 Å². The van der Waals surface area contributed by atoms with Crippen LogP contribution in [0, 0.1) is 29.1 Å². The molecule has 0 saturated carbocycles. The number of primary amides is 1. The van der Waals surface area contributed by atoms with Crippen molar-refractivity contribution in [2.45, 2.75) is 106 Å². The third kappa shape index (κ3) is 15.7. The van der Waals surface area contributed by atoms with E-state index >= 15 is 0 Å². The predicted molar refractivity (Wildman–Crippen MR) is 186 cm³/mol. The van der Waals surface area contributed by atoms with Crippen LogP contribution in [0.3, 0.4) is 0 Å². The standard InChI is InChI=1S/C36H62N4O8/c1-23(2)25(21-38-31(42)26-15-11-12-16-30(26)47-18-14-13-17-46-10)19-28(40-34(45)48-35(5,6)7)29(41)20-27(24(3)4)32(43)39-22-36(8,9)33(37)44/h11-12,15-16,23-25,27-29,41H,13-14,17-22H2,1-10H3,(H2,37,44)(H,38,42)(H,39,43)(H,40,45)/t25-,27+,28+,29+/m1/s1. The minimum atomic E-state index is -1.12. The van der Waals surface area contributed by atoms with Crippen LogP contribution in [0.1, 0.15) is 98.4 Å². The molecule has 0 fully saturated rings. The number of carbonyl (C=O) groups is 4. The van der Waals surface area contributed by atoms with Gasteiger partial charge in [-0.1, -0.05) is 39.8 Å². The number of ether oxygens (including phenoxy) is 3. The minimum Gasteiger partial charge on any atom is -0.493 e. The molecular weight excluding hydrogens is 616 g/mol. The Morgan fingerprint density at radius 2 is 1.52 bits per heavy atom. The molecule has 0 saturated heterocycles. The van der Waals surface area contributed by atoms with E-state index in [1.54, 1.807) is 59.9 Å². The van der Waals surface area contributed by atoms with E-state index in [1.165, 1.54) is 0 Å². The molecule has 0 heterocycles. The maximum atomic E-state index is 13.3. The molecule has 4 amide bonds. The molecule has 4 atom stereocenters. The molecule has 0 bridgehead atoms. The quantitative estimate of drug-likeness (QED) is 0.119. The van der Waals surface area contributed by atoms with E-state index in [4.69, 9.17) is 19.9 Å². The van der Waals surface area contributed by atoms with Crippen LogP contribution in [-0.4, -0.2) is 80.1 Å². The van der Waals surface area contributed by atoms with Crippen molar-refractivity contribution in [3.8, 4) is 5.75 Å². The predicted octanol–water partition coefficient (Wildman–Crippen LogP) is 4.43. The normalized spacial score (nSPS) is 14.5. The summed E-state index contributed by atoms with van der Waals surface area (Å²) >= 11 is 0. The first-order valence-corrected chi connectivity index (χ1v) is 17.0. The zero-order valence-corrected chi connectivity index (χ0v) is 30.8. The first kappa shape index (κ1) is 42.6. The zero-order valence-electron chi connectivity index (χ0n) is 30.8. The van der Waals surface area contributed by atoms with Crippen molar-refractivity contribution >= 4 is 23.8 Å². The second-order valence-electron chi connectivity index (χ2n) is 14.9. The van der Waals surface area contributed by atoms with Gasteiger partial charge in [0.15, 0.2) is 0 Å². The average molecular weight is 679 g/mol. The second-order valence-corrected chi connectivity index (χ2v) is 14.9. The van der Waals surface area contributed by atoms with Crippen LogP contribution in [0.4, 0.5) is 4.79 Å². The smallest absolute Gasteiger partial charge is 0.407 e. The molecule has 0 aromatic heterocycles. The summed E-state index contributed by atoms with van der Waals surface area (Å²) in [5.74, 6) is -1.52. The van der Waals surface area contributed by atoms with Crippen molar-refractivity contribution < 1.29 is 38.5 Å². The average Bonchev–Trinajstić information content (AvgIpc) is 2.98. The van der Waals surface area contributed by atoms with Gasteiger partial charge >= 0.3 is 6.09 Å². The third-order valence-electron chi connectivity index (χ3n) is 8.33. The number of rotatable bonds is 21. The van der Waals surface area contributed by atoms with Gasteiger partial charge in [0.1, 0.15) is 11.4 Å². The lowest BCUT2D eigenvalue weighted by atomic mass is 9.82. The largest absolute Gasteiger partial charge is 0.493 e. The SMILES string of the molecule is COCCCCOc1ccccc1C(=O)NC[C@@H](C[C@H](NC(=O)OC(C)(C)C)[C@@H](O)C[C@H](C(=O)NCC(C)(C)C(N)=O)C(C)C)C(C)C. The molecule has 1 rings (SSSR count). The highest BCUT2D eigenvalue weighted by atomic mass is 16.6. The zero-order chi connectivity index (χ0) is 36.7. The molecule has 0 radical (unpaired) electrons. The number of unbranched alkanes of at least 4 members (excludes halogenated alkanes) is 1. The van der Waals surface area contributed by atoms with Crippen LogP contribution in [0.2, 0.25) is 0 Å². The molecule has 1 aromatic rings. The molecule has 0 aliphatic rings. The fourth-order valence-electron chi connectivity index (χ4n) is 4.95. The summed E-state index contributed by atoms with van der Waals surface area (Å²) in [5.41, 5.74) is 4.18. The second kappa shape index (κ2) is 20.2. The number of methoxy groups -OCH3 is 1. The highest BCUT2D eigenvalue weighted by Crippen LogP contribution is 2.26. The Kier molecular flexibility index (Phi) is 18.0. The van der Waals surface area contributed by atoms with Gasteiger partial charge in [-0.2, -0.15) is 0 Å². The summed E-state index contributed by atoms with van der Waals surface area (Å²) in [6.07, 6.45) is 0.177. The lowest BCUT2D eigenvalue weighted by molar-refractivity contribution is -0.130. The summed E-state index contributed by atoms with van der Waals surface area (Å²) in [6.45, 7) is 17.7. The molecular formula is C36H62N4O8. The van der Waals surface area contributed by atoms with Crippen molar-refractivity contribution in [1.82, 2.24) is 16.0 Å². The highest BCUT2D eigenvalue weighted by molar-refractivity contribution is 5.96. The summed E-state index contributed by atoms with van der Waals surface area (Å²) in [6, 6.07) is 6.28. The van der Waals surface area contributed by atoms with Gasteiger partial charge in [0.05, 0.1) is 29.7 Å². The van der Waals surface area contributed by atoms with Crippen LogP contribution < -0.4 is 26.4 Å². The summed E-state index contributed by atoms with van der Waals surface area (Å²) in [4.78, 5) is 51.3. The molecule has 274 valence electrons. The minimum absolute atomic E-state index is 0.0488. The van der Waals surface area contributed by atoms with E-state index in [2.05, 4.69) is 16.0 Å². The first-order chi connectivity index (χ1) is 22.3. The Hall–Kier alpha value is -3.38. The van der Waals surface area contributed by atoms with Gasteiger partial charge in [0.2, 0.25) is 11.8 Å². The number of hydrogen-bond donors (Lipinski definition) is 5. The number of para-hydroxylation sites is 1. The number of amides is 4. The van der Waals surface area contributed by atoms with Crippen LogP contribution >= 0.6 is 0 Å². The van der Waals surface area contributed by atoms with Crippen LogP contribution in [0.5, 0.6) is 5.75 Å². The maximum absolute atomic E-state index is 13.3. The Bertz CT molecular complexity index is 1160. The summed E-state index contributed by atoms with van der Waals surface area (Å²) in [7, 11) is 1.65. The maximum Gasteiger partial charge on any atom is 0.407 e. The Balaban J connectivity index is 3.14. The monoisotopic (exact) mass is 678 g/mol. The fraction of sp³-hybridized carbons (Fsp3) is 0.722. The van der Waals surface area contributed by atoms with E-state index in [-0.39, 0.29) is 49.1 Å². The molecule has 12 nitrogen and oxygen atoms in total. The van der Waals surface area contributed by atoms with E-state index in [9.17, 15) is 24.3 Å².